The Balaban J connectivity index is 2.83. The van der Waals surface area contributed by atoms with Gasteiger partial charge in [0, 0.05) is 24.1 Å². The van der Waals surface area contributed by atoms with Crippen molar-refractivity contribution in [3.05, 3.63) is 18.2 Å². The number of nitrogens with zero attached hydrogens (tertiary/aromatic N) is 1. The summed E-state index contributed by atoms with van der Waals surface area (Å²) < 4.78 is 0. The van der Waals surface area contributed by atoms with Crippen LogP contribution in [0.1, 0.15) is 19.0 Å². The van der Waals surface area contributed by atoms with Crippen molar-refractivity contribution in [1.29, 1.82) is 0 Å². The highest BCUT2D eigenvalue weighted by atomic mass is 32.1. The number of aliphatic carboxylic acids is 1. The maximum Gasteiger partial charge on any atom is 0.328 e. The first-order chi connectivity index (χ1) is 15.0. The number of imidazole rings is 1. The Kier molecular flexibility index (Phi) is 10.6. The second-order valence-electron chi connectivity index (χ2n) is 6.93. The number of thiol groups is 1. The van der Waals surface area contributed by atoms with E-state index in [9.17, 15) is 29.1 Å². The second-order valence-corrected chi connectivity index (χ2v) is 7.29. The predicted octanol–water partition coefficient (Wildman–Crippen LogP) is -4.00. The summed E-state index contributed by atoms with van der Waals surface area (Å²) in [4.78, 5) is 66.4. The molecular formula is C17H27N7O7S. The first-order valence-corrected chi connectivity index (χ1v) is 10.0. The number of hydrogen-bond acceptors (Lipinski definition) is 9. The molecule has 0 radical (unpaired) electrons. The maximum absolute atomic E-state index is 12.6. The summed E-state index contributed by atoms with van der Waals surface area (Å²) in [5.74, 6) is -5.28. The molecule has 15 heteroatoms. The van der Waals surface area contributed by atoms with Crippen LogP contribution in [0.2, 0.25) is 0 Å². The van der Waals surface area contributed by atoms with Crippen molar-refractivity contribution in [2.45, 2.75) is 50.0 Å². The fourth-order valence-corrected chi connectivity index (χ4v) is 2.78. The van der Waals surface area contributed by atoms with E-state index in [2.05, 4.69) is 38.5 Å². The topological polar surface area (TPSA) is 243 Å². The number of carboxylic acid groups (broad SMARTS) is 1. The largest absolute Gasteiger partial charge is 0.480 e. The molecule has 1 rings (SSSR count). The van der Waals surface area contributed by atoms with Crippen molar-refractivity contribution in [2.75, 3.05) is 5.75 Å². The van der Waals surface area contributed by atoms with Gasteiger partial charge in [-0.15, -0.1) is 0 Å². The molecule has 5 unspecified atom stereocenters. The van der Waals surface area contributed by atoms with Crippen molar-refractivity contribution >= 4 is 42.2 Å². The van der Waals surface area contributed by atoms with E-state index < -0.39 is 66.3 Å². The zero-order valence-corrected chi connectivity index (χ0v) is 18.0. The quantitative estimate of drug-likeness (QED) is 0.127. The van der Waals surface area contributed by atoms with E-state index >= 15 is 0 Å². The Hall–Kier alpha value is -3.17. The van der Waals surface area contributed by atoms with Gasteiger partial charge >= 0.3 is 5.97 Å². The molecule has 0 fully saturated rings. The van der Waals surface area contributed by atoms with Gasteiger partial charge in [-0.3, -0.25) is 19.2 Å². The summed E-state index contributed by atoms with van der Waals surface area (Å²) in [6.07, 6.45) is 0.952. The standard InChI is InChI=1S/C17H27N7O7S/c1-7(25)13(17(30)31)24-16(29)11(5-32)23-15(28)10(3-12(19)26)22-14(27)9(18)2-8-4-20-6-21-8/h4,6-7,9-11,13,25,32H,2-3,5,18H2,1H3,(H2,19,26)(H,20,21)(H,22,27)(H,23,28)(H,24,29)(H,30,31). The molecule has 1 aromatic rings. The average Bonchev–Trinajstić information content (AvgIpc) is 3.21. The lowest BCUT2D eigenvalue weighted by atomic mass is 10.1. The van der Waals surface area contributed by atoms with E-state index in [1.807, 2.05) is 0 Å². The summed E-state index contributed by atoms with van der Waals surface area (Å²) in [6, 6.07) is -5.49. The highest BCUT2D eigenvalue weighted by Crippen LogP contribution is 2.01. The Bertz CT molecular complexity index is 818. The van der Waals surface area contributed by atoms with Crippen LogP contribution in [0.3, 0.4) is 0 Å². The molecule has 0 aliphatic carbocycles. The van der Waals surface area contributed by atoms with Gasteiger partial charge in [0.05, 0.1) is 24.9 Å². The van der Waals surface area contributed by atoms with Crippen molar-refractivity contribution in [2.24, 2.45) is 11.5 Å². The first kappa shape index (κ1) is 26.9. The minimum atomic E-state index is -1.62. The van der Waals surface area contributed by atoms with Crippen molar-refractivity contribution in [3.8, 4) is 0 Å². The van der Waals surface area contributed by atoms with Crippen LogP contribution in [-0.4, -0.2) is 85.8 Å². The Labute approximate surface area is 188 Å². The van der Waals surface area contributed by atoms with E-state index in [1.165, 1.54) is 12.5 Å². The monoisotopic (exact) mass is 473 g/mol. The van der Waals surface area contributed by atoms with E-state index in [4.69, 9.17) is 16.6 Å². The van der Waals surface area contributed by atoms with E-state index in [-0.39, 0.29) is 12.2 Å². The summed E-state index contributed by atoms with van der Waals surface area (Å²) in [7, 11) is 0. The van der Waals surface area contributed by atoms with E-state index in [1.54, 1.807) is 0 Å². The van der Waals surface area contributed by atoms with Crippen molar-refractivity contribution in [1.82, 2.24) is 25.9 Å². The van der Waals surface area contributed by atoms with Crippen LogP contribution in [0.5, 0.6) is 0 Å². The van der Waals surface area contributed by atoms with E-state index in [0.717, 1.165) is 6.92 Å². The molecule has 0 spiro atoms. The van der Waals surface area contributed by atoms with Gasteiger partial charge in [-0.1, -0.05) is 0 Å². The SMILES string of the molecule is CC(O)C(NC(=O)C(CS)NC(=O)C(CC(N)=O)NC(=O)C(N)Cc1cnc[nH]1)C(=O)O. The fraction of sp³-hybridized carbons (Fsp3) is 0.529. The van der Waals surface area contributed by atoms with Crippen molar-refractivity contribution in [3.63, 3.8) is 0 Å². The number of aromatic amines is 1. The molecular weight excluding hydrogens is 446 g/mol. The number of aliphatic hydroxyl groups is 1. The molecule has 0 aliphatic heterocycles. The van der Waals surface area contributed by atoms with Crippen LogP contribution in [0.4, 0.5) is 0 Å². The number of amides is 4. The Morgan fingerprint density at radius 2 is 1.72 bits per heavy atom. The number of nitrogens with one attached hydrogen (secondary N) is 4. The van der Waals surface area contributed by atoms with Crippen molar-refractivity contribution < 1.29 is 34.2 Å². The molecule has 0 saturated heterocycles. The molecule has 5 atom stereocenters. The normalized spacial score (nSPS) is 15.5. The van der Waals surface area contributed by atoms with Gasteiger partial charge in [0.1, 0.15) is 12.1 Å². The lowest BCUT2D eigenvalue weighted by molar-refractivity contribution is -0.145. The van der Waals surface area contributed by atoms with Crippen LogP contribution in [0, 0.1) is 0 Å². The van der Waals surface area contributed by atoms with E-state index in [0.29, 0.717) is 5.69 Å². The summed E-state index contributed by atoms with van der Waals surface area (Å²) >= 11 is 3.95. The second kappa shape index (κ2) is 12.6. The van der Waals surface area contributed by atoms with Gasteiger partial charge in [-0.25, -0.2) is 9.78 Å². The average molecular weight is 474 g/mol. The fourth-order valence-electron chi connectivity index (χ4n) is 2.52. The Morgan fingerprint density at radius 3 is 2.19 bits per heavy atom. The van der Waals surface area contributed by atoms with Gasteiger partial charge in [0.2, 0.25) is 23.6 Å². The molecule has 1 heterocycles. The zero-order valence-electron chi connectivity index (χ0n) is 17.1. The highest BCUT2D eigenvalue weighted by Gasteiger charge is 2.32. The predicted molar refractivity (Wildman–Crippen MR) is 113 cm³/mol. The number of primary amides is 1. The summed E-state index contributed by atoms with van der Waals surface area (Å²) in [5.41, 5.74) is 11.5. The molecule has 1 aromatic heterocycles. The number of H-pyrrole nitrogens is 1. The maximum atomic E-state index is 12.6. The van der Waals surface area contributed by atoms with Crippen LogP contribution < -0.4 is 27.4 Å². The van der Waals surface area contributed by atoms with Crippen LogP contribution in [-0.2, 0) is 30.4 Å². The third-order valence-corrected chi connectivity index (χ3v) is 4.60. The number of rotatable bonds is 13. The molecule has 0 bridgehead atoms. The molecule has 14 nitrogen and oxygen atoms in total. The first-order valence-electron chi connectivity index (χ1n) is 9.40. The van der Waals surface area contributed by atoms with Gasteiger partial charge in [0.25, 0.3) is 0 Å². The molecule has 32 heavy (non-hydrogen) atoms. The van der Waals surface area contributed by atoms with Gasteiger partial charge in [0.15, 0.2) is 6.04 Å². The molecule has 4 amide bonds. The minimum absolute atomic E-state index is 0.0777. The number of carboxylic acids is 1. The number of aromatic nitrogens is 2. The lowest BCUT2D eigenvalue weighted by Gasteiger charge is -2.24. The number of carbonyl (C=O) groups excluding carboxylic acids is 4. The molecule has 0 aromatic carbocycles. The number of carbonyl (C=O) groups is 5. The third kappa shape index (κ3) is 8.52. The molecule has 178 valence electrons. The Morgan fingerprint density at radius 1 is 1.12 bits per heavy atom. The molecule has 0 aliphatic rings. The lowest BCUT2D eigenvalue weighted by Crippen LogP contribution is -2.59. The summed E-state index contributed by atoms with van der Waals surface area (Å²) in [6.45, 7) is 1.16. The minimum Gasteiger partial charge on any atom is -0.480 e. The highest BCUT2D eigenvalue weighted by molar-refractivity contribution is 7.80. The van der Waals surface area contributed by atoms with Gasteiger partial charge < -0.3 is 42.6 Å². The molecule has 10 N–H and O–H groups in total. The number of nitrogens with two attached hydrogens (primary N) is 2. The summed E-state index contributed by atoms with van der Waals surface area (Å²) in [5, 5.41) is 25.2. The number of aliphatic hydroxyl groups excluding tert-OH is 1. The third-order valence-electron chi connectivity index (χ3n) is 4.23. The van der Waals surface area contributed by atoms with Gasteiger partial charge in [-0.05, 0) is 6.92 Å². The number of hydrogen-bond donors (Lipinski definition) is 9. The van der Waals surface area contributed by atoms with Crippen LogP contribution in [0.25, 0.3) is 0 Å². The van der Waals surface area contributed by atoms with Gasteiger partial charge in [-0.2, -0.15) is 12.6 Å². The molecule has 0 saturated carbocycles. The smallest absolute Gasteiger partial charge is 0.328 e. The van der Waals surface area contributed by atoms with Crippen LogP contribution in [0.15, 0.2) is 12.5 Å². The van der Waals surface area contributed by atoms with Crippen LogP contribution >= 0.6 is 12.6 Å². The zero-order chi connectivity index (χ0) is 24.4.